The topological polar surface area (TPSA) is 108 Å². The first-order chi connectivity index (χ1) is 13.0. The van der Waals surface area contributed by atoms with E-state index in [-0.39, 0.29) is 0 Å². The molecule has 0 spiro atoms. The van der Waals surface area contributed by atoms with Crippen molar-refractivity contribution in [2.45, 2.75) is 58.5 Å². The second-order valence-corrected chi connectivity index (χ2v) is 8.15. The highest BCUT2D eigenvalue weighted by atomic mass is 16.2. The Labute approximate surface area is 165 Å². The maximum absolute atomic E-state index is 12.9. The molecule has 1 aliphatic heterocycles. The first-order valence-corrected chi connectivity index (χ1v) is 9.32. The van der Waals surface area contributed by atoms with Gasteiger partial charge in [0, 0.05) is 5.54 Å². The molecule has 6 amide bonds. The fourth-order valence-electron chi connectivity index (χ4n) is 3.01. The van der Waals surface area contributed by atoms with Gasteiger partial charge in [0.05, 0.1) is 0 Å². The number of aryl methyl sites for hydroxylation is 1. The molecule has 1 heterocycles. The number of imide groups is 2. The quantitative estimate of drug-likeness (QED) is 0.671. The summed E-state index contributed by atoms with van der Waals surface area (Å²) in [6.07, 6.45) is 1.94. The van der Waals surface area contributed by atoms with Gasteiger partial charge in [-0.15, -0.1) is 0 Å². The van der Waals surface area contributed by atoms with Crippen LogP contribution in [0.3, 0.4) is 0 Å². The number of urea groups is 2. The Morgan fingerprint density at radius 2 is 1.75 bits per heavy atom. The summed E-state index contributed by atoms with van der Waals surface area (Å²) in [4.78, 5) is 49.9. The molecule has 28 heavy (non-hydrogen) atoms. The number of rotatable bonds is 5. The third kappa shape index (κ3) is 4.88. The third-order valence-electron chi connectivity index (χ3n) is 4.39. The Kier molecular flexibility index (Phi) is 6.11. The van der Waals surface area contributed by atoms with E-state index < -0.39 is 41.5 Å². The smallest absolute Gasteiger partial charge is 0.325 e. The molecule has 0 aromatic heterocycles. The molecular weight excluding hydrogens is 360 g/mol. The first-order valence-electron chi connectivity index (χ1n) is 9.32. The van der Waals surface area contributed by atoms with Crippen molar-refractivity contribution in [3.8, 4) is 0 Å². The molecule has 8 heteroatoms. The highest BCUT2D eigenvalue weighted by molar-refractivity contribution is 6.10. The Balaban J connectivity index is 2.08. The van der Waals surface area contributed by atoms with Crippen molar-refractivity contribution in [1.29, 1.82) is 0 Å². The standard InChI is InChI=1S/C20H28N4O4/c1-6-7-13-8-10-14(11-9-13)20(5)16(26)24(18(28)23-20)12-15(25)21-17(27)22-19(2,3)4/h8-11H,6-7,12H2,1-5H3,(H,23,28)(H2,21,22,25,27)/t20-/m0/s1. The van der Waals surface area contributed by atoms with Gasteiger partial charge in [0.25, 0.3) is 5.91 Å². The van der Waals surface area contributed by atoms with E-state index in [4.69, 9.17) is 0 Å². The van der Waals surface area contributed by atoms with Crippen molar-refractivity contribution in [3.05, 3.63) is 35.4 Å². The predicted molar refractivity (Wildman–Crippen MR) is 104 cm³/mol. The molecule has 0 saturated carbocycles. The molecule has 0 bridgehead atoms. The van der Waals surface area contributed by atoms with Gasteiger partial charge in [0.2, 0.25) is 5.91 Å². The zero-order valence-corrected chi connectivity index (χ0v) is 17.0. The lowest BCUT2D eigenvalue weighted by Gasteiger charge is -2.23. The van der Waals surface area contributed by atoms with Crippen molar-refractivity contribution in [2.75, 3.05) is 6.54 Å². The number of benzene rings is 1. The number of carbonyl (C=O) groups is 4. The van der Waals surface area contributed by atoms with E-state index in [1.165, 1.54) is 0 Å². The minimum atomic E-state index is -1.25. The van der Waals surface area contributed by atoms with Crippen LogP contribution >= 0.6 is 0 Å². The highest BCUT2D eigenvalue weighted by Crippen LogP contribution is 2.29. The monoisotopic (exact) mass is 388 g/mol. The maximum atomic E-state index is 12.9. The molecule has 2 rings (SSSR count). The number of hydrogen-bond donors (Lipinski definition) is 3. The number of nitrogens with one attached hydrogen (secondary N) is 3. The molecule has 1 atom stereocenters. The van der Waals surface area contributed by atoms with Crippen LogP contribution in [-0.2, 0) is 21.5 Å². The zero-order valence-electron chi connectivity index (χ0n) is 17.0. The summed E-state index contributed by atoms with van der Waals surface area (Å²) in [7, 11) is 0. The van der Waals surface area contributed by atoms with E-state index in [1.807, 2.05) is 24.3 Å². The molecule has 1 aliphatic rings. The van der Waals surface area contributed by atoms with Gasteiger partial charge in [0.15, 0.2) is 0 Å². The molecule has 8 nitrogen and oxygen atoms in total. The van der Waals surface area contributed by atoms with Crippen LogP contribution in [-0.4, -0.2) is 40.9 Å². The summed E-state index contributed by atoms with van der Waals surface area (Å²) in [5.74, 6) is -1.28. The van der Waals surface area contributed by atoms with Crippen LogP contribution < -0.4 is 16.0 Å². The minimum absolute atomic E-state index is 0.520. The van der Waals surface area contributed by atoms with Gasteiger partial charge in [-0.2, -0.15) is 0 Å². The Bertz CT molecular complexity index is 782. The van der Waals surface area contributed by atoms with E-state index in [0.717, 1.165) is 23.3 Å². The van der Waals surface area contributed by atoms with Crippen LogP contribution in [0.25, 0.3) is 0 Å². The van der Waals surface area contributed by atoms with Crippen LogP contribution in [0.4, 0.5) is 9.59 Å². The number of carbonyl (C=O) groups excluding carboxylic acids is 4. The summed E-state index contributed by atoms with van der Waals surface area (Å²) < 4.78 is 0. The average Bonchev–Trinajstić information content (AvgIpc) is 2.78. The molecule has 1 aromatic carbocycles. The summed E-state index contributed by atoms with van der Waals surface area (Å²) in [6.45, 7) is 8.46. The fraction of sp³-hybridized carbons (Fsp3) is 0.500. The molecule has 3 N–H and O–H groups in total. The average molecular weight is 388 g/mol. The molecule has 0 radical (unpaired) electrons. The van der Waals surface area contributed by atoms with Gasteiger partial charge in [-0.1, -0.05) is 37.6 Å². The van der Waals surface area contributed by atoms with Crippen molar-refractivity contribution >= 4 is 23.9 Å². The van der Waals surface area contributed by atoms with E-state index in [1.54, 1.807) is 27.7 Å². The Hall–Kier alpha value is -2.90. The molecule has 1 saturated heterocycles. The van der Waals surface area contributed by atoms with Gasteiger partial charge < -0.3 is 10.6 Å². The van der Waals surface area contributed by atoms with E-state index in [2.05, 4.69) is 22.9 Å². The number of amides is 6. The van der Waals surface area contributed by atoms with Crippen LogP contribution in [0.1, 0.15) is 52.2 Å². The molecular formula is C20H28N4O4. The maximum Gasteiger partial charge on any atom is 0.325 e. The highest BCUT2D eigenvalue weighted by Gasteiger charge is 2.49. The normalized spacial score (nSPS) is 19.4. The van der Waals surface area contributed by atoms with Crippen molar-refractivity contribution in [3.63, 3.8) is 0 Å². The van der Waals surface area contributed by atoms with Crippen LogP contribution in [0.2, 0.25) is 0 Å². The van der Waals surface area contributed by atoms with Crippen molar-refractivity contribution in [2.24, 2.45) is 0 Å². The Morgan fingerprint density at radius 1 is 1.14 bits per heavy atom. The van der Waals surface area contributed by atoms with Crippen molar-refractivity contribution in [1.82, 2.24) is 20.9 Å². The lowest BCUT2D eigenvalue weighted by molar-refractivity contribution is -0.134. The van der Waals surface area contributed by atoms with Gasteiger partial charge >= 0.3 is 12.1 Å². The third-order valence-corrected chi connectivity index (χ3v) is 4.39. The second kappa shape index (κ2) is 8.00. The van der Waals surface area contributed by atoms with Gasteiger partial charge in [-0.3, -0.25) is 19.8 Å². The molecule has 152 valence electrons. The molecule has 1 aromatic rings. The predicted octanol–water partition coefficient (Wildman–Crippen LogP) is 2.03. The largest absolute Gasteiger partial charge is 0.333 e. The SMILES string of the molecule is CCCc1ccc([C@]2(C)NC(=O)N(CC(=O)NC(=O)NC(C)(C)C)C2=O)cc1. The summed E-state index contributed by atoms with van der Waals surface area (Å²) >= 11 is 0. The second-order valence-electron chi connectivity index (χ2n) is 8.15. The first kappa shape index (κ1) is 21.4. The Morgan fingerprint density at radius 3 is 2.29 bits per heavy atom. The van der Waals surface area contributed by atoms with Crippen LogP contribution in [0.5, 0.6) is 0 Å². The fourth-order valence-corrected chi connectivity index (χ4v) is 3.01. The number of nitrogens with zero attached hydrogens (tertiary/aromatic N) is 1. The molecule has 0 unspecified atom stereocenters. The van der Waals surface area contributed by atoms with Gasteiger partial charge in [-0.25, -0.2) is 9.59 Å². The van der Waals surface area contributed by atoms with Gasteiger partial charge in [0.1, 0.15) is 12.1 Å². The summed E-state index contributed by atoms with van der Waals surface area (Å²) in [5.41, 5.74) is 0.00976. The van der Waals surface area contributed by atoms with Crippen LogP contribution in [0, 0.1) is 0 Å². The van der Waals surface area contributed by atoms with Gasteiger partial charge in [-0.05, 0) is 45.2 Å². The van der Waals surface area contributed by atoms with E-state index in [9.17, 15) is 19.2 Å². The molecule has 0 aliphatic carbocycles. The van der Waals surface area contributed by atoms with Crippen LogP contribution in [0.15, 0.2) is 24.3 Å². The summed E-state index contributed by atoms with van der Waals surface area (Å²) in [5, 5.41) is 7.36. The lowest BCUT2D eigenvalue weighted by Crippen LogP contribution is -2.51. The van der Waals surface area contributed by atoms with E-state index in [0.29, 0.717) is 5.56 Å². The summed E-state index contributed by atoms with van der Waals surface area (Å²) in [6, 6.07) is 6.12. The van der Waals surface area contributed by atoms with Crippen molar-refractivity contribution < 1.29 is 19.2 Å². The lowest BCUT2D eigenvalue weighted by atomic mass is 9.91. The zero-order chi connectivity index (χ0) is 21.1. The number of hydrogen-bond acceptors (Lipinski definition) is 4. The van der Waals surface area contributed by atoms with E-state index >= 15 is 0 Å². The minimum Gasteiger partial charge on any atom is -0.333 e. The molecule has 1 fully saturated rings.